The molecule has 37 heavy (non-hydrogen) atoms. The van der Waals surface area contributed by atoms with Gasteiger partial charge in [-0.25, -0.2) is 4.79 Å². The number of hydrogen-bond acceptors (Lipinski definition) is 8. The van der Waals surface area contributed by atoms with E-state index in [4.69, 9.17) is 5.73 Å². The lowest BCUT2D eigenvalue weighted by Gasteiger charge is -2.49. The van der Waals surface area contributed by atoms with Crippen molar-refractivity contribution in [3.05, 3.63) is 0 Å². The number of nitrogens with one attached hydrogen (secondary N) is 1. The van der Waals surface area contributed by atoms with E-state index in [1.165, 1.54) is 25.9 Å². The molecule has 0 radical (unpaired) electrons. The van der Waals surface area contributed by atoms with Gasteiger partial charge in [-0.2, -0.15) is 0 Å². The first-order valence-corrected chi connectivity index (χ1v) is 13.1. The fourth-order valence-corrected chi connectivity index (χ4v) is 5.69. The maximum Gasteiger partial charge on any atom is 0.327 e. The first-order chi connectivity index (χ1) is 16.6. The Morgan fingerprint density at radius 2 is 1.62 bits per heavy atom. The Labute approximate surface area is 224 Å². The predicted molar refractivity (Wildman–Crippen MR) is 142 cm³/mol. The van der Waals surface area contributed by atoms with Crippen LogP contribution in [0.2, 0.25) is 0 Å². The number of carbonyl (C=O) groups is 6. The summed E-state index contributed by atoms with van der Waals surface area (Å²) in [7, 11) is 2.88. The van der Waals surface area contributed by atoms with Crippen LogP contribution in [0, 0.1) is 5.41 Å². The molecule has 12 heteroatoms. The quantitative estimate of drug-likeness (QED) is 0.333. The Hall–Kier alpha value is -2.47. The Kier molecular flexibility index (Phi) is 9.77. The van der Waals surface area contributed by atoms with Crippen molar-refractivity contribution in [2.45, 2.75) is 104 Å². The predicted octanol–water partition coefficient (Wildman–Crippen LogP) is 2.08. The fourth-order valence-electron chi connectivity index (χ4n) is 4.49. The van der Waals surface area contributed by atoms with Crippen molar-refractivity contribution < 1.29 is 28.8 Å². The van der Waals surface area contributed by atoms with Crippen molar-refractivity contribution in [3.63, 3.8) is 0 Å². The maximum absolute atomic E-state index is 14.0. The zero-order chi connectivity index (χ0) is 29.3. The summed E-state index contributed by atoms with van der Waals surface area (Å²) in [6.45, 7) is 14.5. The van der Waals surface area contributed by atoms with Crippen LogP contribution in [0.3, 0.4) is 0 Å². The van der Waals surface area contributed by atoms with Crippen LogP contribution in [0.4, 0.5) is 4.79 Å². The maximum atomic E-state index is 14.0. The highest BCUT2D eigenvalue weighted by molar-refractivity contribution is 8.15. The van der Waals surface area contributed by atoms with Crippen molar-refractivity contribution in [1.29, 1.82) is 0 Å². The van der Waals surface area contributed by atoms with Gasteiger partial charge in [-0.15, -0.1) is 0 Å². The summed E-state index contributed by atoms with van der Waals surface area (Å²) in [4.78, 5) is 80.6. The molecule has 210 valence electrons. The third-order valence-corrected chi connectivity index (χ3v) is 8.34. The molecule has 6 amide bonds. The van der Waals surface area contributed by atoms with Gasteiger partial charge in [-0.1, -0.05) is 27.7 Å². The number of carbonyl (C=O) groups excluding carboxylic acids is 6. The summed E-state index contributed by atoms with van der Waals surface area (Å²) in [5, 5.41) is 2.04. The highest BCUT2D eigenvalue weighted by atomic mass is 32.2. The van der Waals surface area contributed by atoms with Crippen LogP contribution in [0.25, 0.3) is 0 Å². The molecule has 1 rings (SSSR count). The van der Waals surface area contributed by atoms with Gasteiger partial charge in [0.2, 0.25) is 11.8 Å². The summed E-state index contributed by atoms with van der Waals surface area (Å²) in [5.74, 6) is -2.66. The number of imide groups is 2. The van der Waals surface area contributed by atoms with Crippen molar-refractivity contribution in [2.75, 3.05) is 14.1 Å². The summed E-state index contributed by atoms with van der Waals surface area (Å²) >= 11 is 0.591. The second-order valence-corrected chi connectivity index (χ2v) is 12.9. The molecule has 0 aromatic heterocycles. The van der Waals surface area contributed by atoms with Crippen molar-refractivity contribution in [3.8, 4) is 0 Å². The summed E-state index contributed by atoms with van der Waals surface area (Å²) in [5.41, 5.74) is 3.02. The molecule has 11 nitrogen and oxygen atoms in total. The molecule has 3 N–H and O–H groups in total. The monoisotopic (exact) mass is 541 g/mol. The topological polar surface area (TPSA) is 150 Å². The van der Waals surface area contributed by atoms with E-state index in [0.717, 1.165) is 9.80 Å². The Morgan fingerprint density at radius 3 is 1.97 bits per heavy atom. The van der Waals surface area contributed by atoms with Crippen molar-refractivity contribution in [1.82, 2.24) is 20.0 Å². The molecule has 0 aromatic rings. The molecular weight excluding hydrogens is 498 g/mol. The van der Waals surface area contributed by atoms with E-state index in [-0.39, 0.29) is 12.8 Å². The normalized spacial score (nSPS) is 18.4. The lowest BCUT2D eigenvalue weighted by atomic mass is 9.82. The number of hydrogen-bond donors (Lipinski definition) is 2. The van der Waals surface area contributed by atoms with E-state index in [0.29, 0.717) is 18.2 Å². The number of amides is 6. The molecule has 1 aliphatic heterocycles. The molecule has 1 aliphatic rings. The Balaban J connectivity index is 3.64. The Bertz CT molecular complexity index is 973. The number of nitrogens with zero attached hydrogens (tertiary/aromatic N) is 3. The minimum absolute atomic E-state index is 0.0583. The van der Waals surface area contributed by atoms with Crippen molar-refractivity contribution >= 4 is 46.5 Å². The van der Waals surface area contributed by atoms with Gasteiger partial charge in [0.25, 0.3) is 11.8 Å². The zero-order valence-electron chi connectivity index (χ0n) is 24.0. The highest BCUT2D eigenvalue weighted by Crippen LogP contribution is 2.46. The lowest BCUT2D eigenvalue weighted by molar-refractivity contribution is -0.159. The highest BCUT2D eigenvalue weighted by Gasteiger charge is 2.60. The van der Waals surface area contributed by atoms with Crippen LogP contribution in [0.15, 0.2) is 0 Å². The van der Waals surface area contributed by atoms with Crippen LogP contribution >= 0.6 is 11.8 Å². The molecule has 2 atom stereocenters. The van der Waals surface area contributed by atoms with Crippen LogP contribution in [0.5, 0.6) is 0 Å². The van der Waals surface area contributed by atoms with Gasteiger partial charge in [0.05, 0.1) is 6.04 Å². The fraction of sp³-hybridized carbons (Fsp3) is 0.760. The summed E-state index contributed by atoms with van der Waals surface area (Å²) in [6, 6.07) is -1.90. The smallest absolute Gasteiger partial charge is 0.327 e. The summed E-state index contributed by atoms with van der Waals surface area (Å²) in [6.07, 6.45) is 0.152. The number of rotatable bonds is 9. The first kappa shape index (κ1) is 32.6. The average Bonchev–Trinajstić information content (AvgIpc) is 2.90. The third-order valence-electron chi connectivity index (χ3n) is 6.78. The van der Waals surface area contributed by atoms with Crippen molar-refractivity contribution in [2.24, 2.45) is 11.1 Å². The number of nitrogens with two attached hydrogens (primary N) is 1. The van der Waals surface area contributed by atoms with Crippen LogP contribution in [-0.4, -0.2) is 85.6 Å². The van der Waals surface area contributed by atoms with E-state index in [9.17, 15) is 28.8 Å². The number of urea groups is 1. The van der Waals surface area contributed by atoms with Crippen LogP contribution < -0.4 is 11.1 Å². The summed E-state index contributed by atoms with van der Waals surface area (Å²) < 4.78 is 0. The number of thioether (sulfide) groups is 1. The van der Waals surface area contributed by atoms with Gasteiger partial charge >= 0.3 is 6.03 Å². The Morgan fingerprint density at radius 1 is 1.11 bits per heavy atom. The SMILES string of the molecule is CCCC(=O)N(C(=O)[C@@H](N)CC(C)(C)N1C(=O)N(C)C(C)(C)C1=O)[C@](SC(C)=O)(C(=O)NC)C(C)(C)C. The molecule has 1 heterocycles. The minimum atomic E-state index is -1.93. The second-order valence-electron chi connectivity index (χ2n) is 11.5. The molecule has 1 saturated heterocycles. The largest absolute Gasteiger partial charge is 0.356 e. The van der Waals surface area contributed by atoms with Gasteiger partial charge in [0.15, 0.2) is 9.99 Å². The van der Waals surface area contributed by atoms with Crippen LogP contribution in [0.1, 0.15) is 81.6 Å². The van der Waals surface area contributed by atoms with E-state index in [1.54, 1.807) is 55.4 Å². The first-order valence-electron chi connectivity index (χ1n) is 12.3. The van der Waals surface area contributed by atoms with E-state index in [2.05, 4.69) is 5.32 Å². The van der Waals surface area contributed by atoms with Crippen LogP contribution in [-0.2, 0) is 24.0 Å². The number of likely N-dealkylation sites (N-methyl/N-ethyl adjacent to an activating group) is 2. The van der Waals surface area contributed by atoms with E-state index < -0.39 is 62.2 Å². The zero-order valence-corrected chi connectivity index (χ0v) is 24.8. The minimum Gasteiger partial charge on any atom is -0.356 e. The third kappa shape index (κ3) is 5.84. The molecule has 0 saturated carbocycles. The molecule has 1 fully saturated rings. The molecule has 0 aromatic carbocycles. The van der Waals surface area contributed by atoms with Gasteiger partial charge < -0.3 is 16.0 Å². The van der Waals surface area contributed by atoms with Gasteiger partial charge in [0, 0.05) is 38.4 Å². The molecule has 0 aliphatic carbocycles. The van der Waals surface area contributed by atoms with E-state index >= 15 is 0 Å². The average molecular weight is 542 g/mol. The standard InChI is InChI=1S/C25H43N5O6S/c1-12-13-17(32)29(25(19(34)27-10,22(3,4)5)37-15(2)31)18(33)16(26)14-23(6,7)30-20(35)24(8,9)28(11)21(30)36/h16H,12-14,26H2,1-11H3,(H,27,34)/t16-,25-/m0/s1. The molecule has 0 spiro atoms. The molecular formula is C25H43N5O6S. The lowest BCUT2D eigenvalue weighted by Crippen LogP contribution is -2.69. The van der Waals surface area contributed by atoms with Gasteiger partial charge in [-0.3, -0.25) is 33.8 Å². The molecule has 0 bridgehead atoms. The van der Waals surface area contributed by atoms with E-state index in [1.807, 2.05) is 0 Å². The second kappa shape index (κ2) is 11.1. The van der Waals surface area contributed by atoms with Gasteiger partial charge in [-0.05, 0) is 52.3 Å². The van der Waals surface area contributed by atoms with Gasteiger partial charge in [0.1, 0.15) is 5.54 Å². The molecule has 0 unspecified atom stereocenters.